The van der Waals surface area contributed by atoms with E-state index in [2.05, 4.69) is 15.4 Å². The van der Waals surface area contributed by atoms with E-state index in [4.69, 9.17) is 0 Å². The molecule has 1 aliphatic rings. The van der Waals surface area contributed by atoms with Crippen LogP contribution in [-0.4, -0.2) is 62.7 Å². The number of anilines is 1. The molecule has 1 fully saturated rings. The van der Waals surface area contributed by atoms with Gasteiger partial charge in [-0.25, -0.2) is 17.5 Å². The second kappa shape index (κ2) is 9.58. The van der Waals surface area contributed by atoms with Crippen molar-refractivity contribution in [3.05, 3.63) is 53.6 Å². The molecule has 35 heavy (non-hydrogen) atoms. The first-order valence-electron chi connectivity index (χ1n) is 10.3. The lowest BCUT2D eigenvalue weighted by Gasteiger charge is -2.22. The number of aryl methyl sites for hydroxylation is 1. The number of sulfonamides is 1. The molecule has 0 aliphatic carbocycles. The van der Waals surface area contributed by atoms with Gasteiger partial charge in [-0.15, -0.1) is 0 Å². The molecular formula is C22H24F2N4O6S. The van der Waals surface area contributed by atoms with E-state index in [9.17, 15) is 31.6 Å². The summed E-state index contributed by atoms with van der Waals surface area (Å²) in [5.41, 5.74) is -0.577. The summed E-state index contributed by atoms with van der Waals surface area (Å²) in [4.78, 5) is 38.8. The van der Waals surface area contributed by atoms with Crippen molar-refractivity contribution in [2.24, 2.45) is 0 Å². The molecule has 0 saturated carbocycles. The maximum Gasteiger partial charge on any atom is 0.387 e. The molecule has 1 saturated heterocycles. The molecule has 0 radical (unpaired) electrons. The number of nitrogens with zero attached hydrogens (tertiary/aromatic N) is 2. The fourth-order valence-electron chi connectivity index (χ4n) is 3.50. The van der Waals surface area contributed by atoms with Crippen LogP contribution in [0.3, 0.4) is 0 Å². The Hall–Kier alpha value is -3.58. The summed E-state index contributed by atoms with van der Waals surface area (Å²) < 4.78 is 55.1. The normalized spacial score (nSPS) is 18.2. The number of hydrogen-bond acceptors (Lipinski definition) is 6. The lowest BCUT2D eigenvalue weighted by atomic mass is 9.92. The van der Waals surface area contributed by atoms with E-state index in [-0.39, 0.29) is 16.3 Å². The second-order valence-electron chi connectivity index (χ2n) is 8.17. The fourth-order valence-corrected chi connectivity index (χ4v) is 4.65. The van der Waals surface area contributed by atoms with Crippen molar-refractivity contribution in [1.82, 2.24) is 14.5 Å². The molecule has 2 N–H and O–H groups in total. The Kier molecular flexibility index (Phi) is 7.13. The van der Waals surface area contributed by atoms with Crippen molar-refractivity contribution in [1.29, 1.82) is 0 Å². The molecular weight excluding hydrogens is 486 g/mol. The number of nitrogens with one attached hydrogen (secondary N) is 2. The monoisotopic (exact) mass is 510 g/mol. The number of hydrogen-bond donors (Lipinski definition) is 2. The second-order valence-corrected chi connectivity index (χ2v) is 10.3. The molecule has 0 aromatic heterocycles. The molecule has 3 rings (SSSR count). The number of urea groups is 1. The van der Waals surface area contributed by atoms with Crippen LogP contribution in [0.2, 0.25) is 0 Å². The van der Waals surface area contributed by atoms with Crippen molar-refractivity contribution >= 4 is 33.6 Å². The maximum absolute atomic E-state index is 13.0. The van der Waals surface area contributed by atoms with Gasteiger partial charge >= 0.3 is 12.6 Å². The highest BCUT2D eigenvalue weighted by molar-refractivity contribution is 7.89. The number of carbonyl (C=O) groups is 3. The van der Waals surface area contributed by atoms with Crippen molar-refractivity contribution in [2.75, 3.05) is 26.0 Å². The van der Waals surface area contributed by atoms with E-state index in [0.717, 1.165) is 4.31 Å². The van der Waals surface area contributed by atoms with Gasteiger partial charge in [-0.05, 0) is 49.2 Å². The van der Waals surface area contributed by atoms with Crippen LogP contribution in [0.4, 0.5) is 19.3 Å². The van der Waals surface area contributed by atoms with Gasteiger partial charge in [0.1, 0.15) is 17.8 Å². The topological polar surface area (TPSA) is 125 Å². The summed E-state index contributed by atoms with van der Waals surface area (Å²) in [6.45, 7) is -0.601. The summed E-state index contributed by atoms with van der Waals surface area (Å²) in [6, 6.07) is 8.69. The predicted molar refractivity (Wildman–Crippen MR) is 121 cm³/mol. The third kappa shape index (κ3) is 5.25. The zero-order valence-electron chi connectivity index (χ0n) is 19.3. The molecule has 10 nitrogen and oxygen atoms in total. The van der Waals surface area contributed by atoms with Gasteiger partial charge in [0.25, 0.3) is 5.91 Å². The van der Waals surface area contributed by atoms with Gasteiger partial charge < -0.3 is 15.4 Å². The zero-order chi connectivity index (χ0) is 26.1. The molecule has 188 valence electrons. The minimum absolute atomic E-state index is 0.00198. The number of rotatable bonds is 8. The molecule has 1 heterocycles. The van der Waals surface area contributed by atoms with Gasteiger partial charge in [0, 0.05) is 19.8 Å². The number of amides is 4. The third-order valence-electron chi connectivity index (χ3n) is 5.46. The lowest BCUT2D eigenvalue weighted by molar-refractivity contribution is -0.133. The summed E-state index contributed by atoms with van der Waals surface area (Å²) in [5.74, 6) is -1.57. The van der Waals surface area contributed by atoms with Crippen LogP contribution < -0.4 is 15.4 Å². The highest BCUT2D eigenvalue weighted by Crippen LogP contribution is 2.30. The van der Waals surface area contributed by atoms with Crippen molar-refractivity contribution in [2.45, 2.75) is 30.9 Å². The van der Waals surface area contributed by atoms with E-state index in [0.29, 0.717) is 16.0 Å². The molecule has 1 aliphatic heterocycles. The minimum atomic E-state index is -3.76. The highest BCUT2D eigenvalue weighted by Gasteiger charge is 2.49. The Balaban J connectivity index is 1.75. The Morgan fingerprint density at radius 1 is 1.17 bits per heavy atom. The number of imide groups is 1. The first-order chi connectivity index (χ1) is 16.3. The SMILES string of the molecule is Cc1ccc(NC(=O)CN2C(=O)NC(C)(c3ccc(OC(F)F)cc3)C2=O)cc1S(=O)(=O)N(C)C. The van der Waals surface area contributed by atoms with E-state index in [1.165, 1.54) is 63.5 Å². The molecule has 2 aromatic rings. The summed E-state index contributed by atoms with van der Waals surface area (Å²) in [6.07, 6.45) is 0. The first-order valence-corrected chi connectivity index (χ1v) is 11.7. The third-order valence-corrected chi connectivity index (χ3v) is 7.42. The molecule has 2 aromatic carbocycles. The first kappa shape index (κ1) is 26.0. The van der Waals surface area contributed by atoms with Crippen molar-refractivity contribution in [3.8, 4) is 5.75 Å². The van der Waals surface area contributed by atoms with Crippen LogP contribution in [0.25, 0.3) is 0 Å². The van der Waals surface area contributed by atoms with E-state index < -0.39 is 46.6 Å². The number of carbonyl (C=O) groups excluding carboxylic acids is 3. The van der Waals surface area contributed by atoms with Crippen LogP contribution in [-0.2, 0) is 25.2 Å². The van der Waals surface area contributed by atoms with Crippen molar-refractivity contribution < 1.29 is 36.3 Å². The molecule has 4 amide bonds. The Labute approximate surface area is 200 Å². The maximum atomic E-state index is 13.0. The number of benzene rings is 2. The Morgan fingerprint density at radius 3 is 2.37 bits per heavy atom. The molecule has 0 bridgehead atoms. The number of alkyl halides is 2. The van der Waals surface area contributed by atoms with Crippen LogP contribution in [0.15, 0.2) is 47.4 Å². The molecule has 13 heteroatoms. The van der Waals surface area contributed by atoms with E-state index in [1.54, 1.807) is 6.92 Å². The van der Waals surface area contributed by atoms with Crippen LogP contribution in [0.5, 0.6) is 5.75 Å². The standard InChI is InChI=1S/C22H24F2N4O6S/c1-13-5-8-15(11-17(13)35(32,33)27(3)4)25-18(29)12-28-19(30)22(2,26-21(28)31)14-6-9-16(10-7-14)34-20(23)24/h5-11,20H,12H2,1-4H3,(H,25,29)(H,26,31). The number of halogens is 2. The van der Waals surface area contributed by atoms with Gasteiger partial charge in [-0.1, -0.05) is 18.2 Å². The molecule has 0 spiro atoms. The van der Waals surface area contributed by atoms with Gasteiger partial charge in [-0.2, -0.15) is 8.78 Å². The van der Waals surface area contributed by atoms with Gasteiger partial charge in [0.15, 0.2) is 0 Å². The fraction of sp³-hybridized carbons (Fsp3) is 0.318. The van der Waals surface area contributed by atoms with Crippen LogP contribution >= 0.6 is 0 Å². The predicted octanol–water partition coefficient (Wildman–Crippen LogP) is 2.25. The average Bonchev–Trinajstić information content (AvgIpc) is 2.98. The average molecular weight is 511 g/mol. The summed E-state index contributed by atoms with van der Waals surface area (Å²) >= 11 is 0. The van der Waals surface area contributed by atoms with Crippen LogP contribution in [0.1, 0.15) is 18.1 Å². The van der Waals surface area contributed by atoms with Gasteiger partial charge in [-0.3, -0.25) is 14.5 Å². The molecule has 1 unspecified atom stereocenters. The smallest absolute Gasteiger partial charge is 0.387 e. The summed E-state index contributed by atoms with van der Waals surface area (Å²) in [7, 11) is -0.993. The highest BCUT2D eigenvalue weighted by atomic mass is 32.2. The Morgan fingerprint density at radius 2 is 1.80 bits per heavy atom. The quantitative estimate of drug-likeness (QED) is 0.525. The van der Waals surface area contributed by atoms with Gasteiger partial charge in [0.05, 0.1) is 4.90 Å². The number of ether oxygens (including phenoxy) is 1. The molecule has 1 atom stereocenters. The van der Waals surface area contributed by atoms with E-state index >= 15 is 0 Å². The lowest BCUT2D eigenvalue weighted by Crippen LogP contribution is -2.42. The Bertz CT molecular complexity index is 1270. The minimum Gasteiger partial charge on any atom is -0.435 e. The van der Waals surface area contributed by atoms with Crippen molar-refractivity contribution in [3.63, 3.8) is 0 Å². The zero-order valence-corrected chi connectivity index (χ0v) is 20.2. The van der Waals surface area contributed by atoms with E-state index in [1.807, 2.05) is 0 Å². The largest absolute Gasteiger partial charge is 0.435 e. The summed E-state index contributed by atoms with van der Waals surface area (Å²) in [5, 5.41) is 5.01. The van der Waals surface area contributed by atoms with Crippen LogP contribution in [0, 0.1) is 6.92 Å². The van der Waals surface area contributed by atoms with Gasteiger partial charge in [0.2, 0.25) is 15.9 Å².